The Bertz CT molecular complexity index is 2470. The van der Waals surface area contributed by atoms with Crippen molar-refractivity contribution in [1.29, 1.82) is 0 Å². The fourth-order valence-electron chi connectivity index (χ4n) is 7.98. The third-order valence-electron chi connectivity index (χ3n) is 10.9. The number of amides is 2. The van der Waals surface area contributed by atoms with E-state index in [1.165, 1.54) is 54.4 Å². The lowest BCUT2D eigenvalue weighted by atomic mass is 9.92. The van der Waals surface area contributed by atoms with E-state index in [1.54, 1.807) is 11.0 Å². The minimum atomic E-state index is -4.74. The first-order valence-corrected chi connectivity index (χ1v) is 18.6. The normalized spacial score (nSPS) is 16.2. The zero-order chi connectivity index (χ0) is 40.0. The van der Waals surface area contributed by atoms with Crippen LogP contribution in [0.4, 0.5) is 28.9 Å². The summed E-state index contributed by atoms with van der Waals surface area (Å²) in [5, 5.41) is 10.8. The summed E-state index contributed by atoms with van der Waals surface area (Å²) in [5.74, 6) is -1.96. The summed E-state index contributed by atoms with van der Waals surface area (Å²) in [6.45, 7) is 3.23. The number of morpholine rings is 1. The summed E-state index contributed by atoms with van der Waals surface area (Å²) in [4.78, 5) is 39.4. The third kappa shape index (κ3) is 7.62. The van der Waals surface area contributed by atoms with E-state index < -0.39 is 30.4 Å². The van der Waals surface area contributed by atoms with Gasteiger partial charge in [0, 0.05) is 73.4 Å². The molecule has 294 valence electrons. The lowest BCUT2D eigenvalue weighted by Crippen LogP contribution is -2.52. The summed E-state index contributed by atoms with van der Waals surface area (Å²) in [6, 6.07) is 21.7. The topological polar surface area (TPSA) is 96.1 Å². The maximum absolute atomic E-state index is 15.3. The molecular formula is C43H40F4N6O4. The number of anilines is 2. The second-order valence-corrected chi connectivity index (χ2v) is 14.6. The fraction of sp³-hybridized carbons (Fsp3) is 0.279. The molecular weight excluding hydrogens is 741 g/mol. The number of halogens is 4. The number of pyridine rings is 1. The van der Waals surface area contributed by atoms with E-state index in [2.05, 4.69) is 9.88 Å². The van der Waals surface area contributed by atoms with Gasteiger partial charge in [-0.3, -0.25) is 19.4 Å². The minimum absolute atomic E-state index is 0.0109. The largest absolute Gasteiger partial charge is 0.508 e. The van der Waals surface area contributed by atoms with Crippen molar-refractivity contribution in [3.8, 4) is 17.0 Å². The molecule has 3 aromatic heterocycles. The minimum Gasteiger partial charge on any atom is -0.508 e. The van der Waals surface area contributed by atoms with Crippen molar-refractivity contribution in [2.24, 2.45) is 7.05 Å². The van der Waals surface area contributed by atoms with Crippen LogP contribution in [0.15, 0.2) is 97.3 Å². The molecule has 6 aromatic rings. The van der Waals surface area contributed by atoms with Crippen LogP contribution in [0, 0.1) is 12.7 Å². The van der Waals surface area contributed by atoms with E-state index in [0.29, 0.717) is 61.7 Å². The molecule has 0 radical (unpaired) electrons. The number of aromatic nitrogens is 3. The predicted molar refractivity (Wildman–Crippen MR) is 207 cm³/mol. The van der Waals surface area contributed by atoms with Crippen molar-refractivity contribution in [1.82, 2.24) is 23.9 Å². The van der Waals surface area contributed by atoms with Gasteiger partial charge in [0.15, 0.2) is 0 Å². The van der Waals surface area contributed by atoms with Gasteiger partial charge in [-0.2, -0.15) is 13.2 Å². The number of phenolic OH excluding ortho intramolecular Hbond substituents is 1. The van der Waals surface area contributed by atoms with Crippen molar-refractivity contribution in [2.45, 2.75) is 38.7 Å². The smallest absolute Gasteiger partial charge is 0.406 e. The number of carbonyl (C=O) groups is 2. The number of carbonyl (C=O) groups excluding carboxylic acids is 2. The summed E-state index contributed by atoms with van der Waals surface area (Å²) in [6.07, 6.45) is -0.874. The molecule has 1 atom stereocenters. The summed E-state index contributed by atoms with van der Waals surface area (Å²) >= 11 is 0. The highest BCUT2D eigenvalue weighted by Crippen LogP contribution is 2.37. The number of nitrogens with zero attached hydrogens (tertiary/aromatic N) is 6. The number of aryl methyl sites for hydroxylation is 1. The SMILES string of the molecule is Cc1c(C(=O)N(c2ccc(O)cc2)c2cnc3c(ccn3C)c2)cc(-c2cc(F)ccc2C(=O)N2Cc3ccccc3C[C@H]2CN2CCOCC2)n1CC(F)(F)F. The van der Waals surface area contributed by atoms with Gasteiger partial charge in [0.25, 0.3) is 11.8 Å². The van der Waals surface area contributed by atoms with E-state index in [1.807, 2.05) is 48.1 Å². The standard InChI is InChI=1S/C43H40F4N6O4/c1-27-37(42(56)53(32-8-10-35(54)11-9-32)33-20-29-13-14-49(2)40(29)48-23-33)22-39(52(27)26-43(45,46)47)38-21-31(44)7-12-36(38)41(55)51-24-30-6-4-3-5-28(30)19-34(51)25-50-15-17-57-18-16-50/h3-14,20-23,34,54H,15-19,24-26H2,1-2H3/t34-/m0/s1. The Labute approximate surface area is 326 Å². The number of hydrogen-bond acceptors (Lipinski definition) is 6. The van der Waals surface area contributed by atoms with Crippen LogP contribution >= 0.6 is 0 Å². The molecule has 0 spiro atoms. The van der Waals surface area contributed by atoms with Crippen molar-refractivity contribution in [2.75, 3.05) is 37.7 Å². The Balaban J connectivity index is 1.24. The molecule has 0 saturated carbocycles. The molecule has 0 bridgehead atoms. The lowest BCUT2D eigenvalue weighted by Gasteiger charge is -2.40. The third-order valence-corrected chi connectivity index (χ3v) is 10.9. The van der Waals surface area contributed by atoms with E-state index in [4.69, 9.17) is 4.74 Å². The van der Waals surface area contributed by atoms with Crippen LogP contribution in [0.25, 0.3) is 22.3 Å². The first kappa shape index (κ1) is 37.9. The van der Waals surface area contributed by atoms with E-state index in [9.17, 15) is 27.9 Å². The van der Waals surface area contributed by atoms with Gasteiger partial charge in [0.2, 0.25) is 0 Å². The predicted octanol–water partition coefficient (Wildman–Crippen LogP) is 7.64. The van der Waals surface area contributed by atoms with Crippen LogP contribution < -0.4 is 4.90 Å². The van der Waals surface area contributed by atoms with Gasteiger partial charge in [-0.25, -0.2) is 9.37 Å². The number of benzene rings is 3. The molecule has 1 fully saturated rings. The second kappa shape index (κ2) is 15.2. The van der Waals surface area contributed by atoms with Gasteiger partial charge in [-0.1, -0.05) is 24.3 Å². The monoisotopic (exact) mass is 780 g/mol. The Morgan fingerprint density at radius 2 is 1.67 bits per heavy atom. The average Bonchev–Trinajstić information content (AvgIpc) is 3.72. The zero-order valence-electron chi connectivity index (χ0n) is 31.3. The van der Waals surface area contributed by atoms with Crippen molar-refractivity contribution >= 4 is 34.2 Å². The van der Waals surface area contributed by atoms with Crippen LogP contribution in [-0.2, 0) is 31.3 Å². The number of phenols is 1. The Morgan fingerprint density at radius 1 is 0.930 bits per heavy atom. The van der Waals surface area contributed by atoms with Gasteiger partial charge in [0.1, 0.15) is 23.8 Å². The van der Waals surface area contributed by atoms with Gasteiger partial charge in [-0.15, -0.1) is 0 Å². The first-order chi connectivity index (χ1) is 27.3. The van der Waals surface area contributed by atoms with E-state index in [-0.39, 0.29) is 46.4 Å². The molecule has 0 unspecified atom stereocenters. The van der Waals surface area contributed by atoms with Gasteiger partial charge < -0.3 is 23.9 Å². The Morgan fingerprint density at radius 3 is 2.40 bits per heavy atom. The molecule has 2 aliphatic rings. The summed E-state index contributed by atoms with van der Waals surface area (Å²) < 4.78 is 66.9. The number of ether oxygens (including phenoxy) is 1. The number of fused-ring (bicyclic) bond motifs is 2. The van der Waals surface area contributed by atoms with Crippen LogP contribution in [0.5, 0.6) is 5.75 Å². The maximum Gasteiger partial charge on any atom is 0.406 e. The van der Waals surface area contributed by atoms with Gasteiger partial charge in [-0.05, 0) is 85.1 Å². The van der Waals surface area contributed by atoms with E-state index in [0.717, 1.165) is 27.8 Å². The fourth-order valence-corrected chi connectivity index (χ4v) is 7.98. The van der Waals surface area contributed by atoms with Gasteiger partial charge in [0.05, 0.1) is 36.4 Å². The molecule has 2 aliphatic heterocycles. The molecule has 10 nitrogen and oxygen atoms in total. The van der Waals surface area contributed by atoms with Crippen molar-refractivity contribution < 1.29 is 37.0 Å². The van der Waals surface area contributed by atoms with Crippen LogP contribution in [0.3, 0.4) is 0 Å². The highest BCUT2D eigenvalue weighted by molar-refractivity contribution is 6.13. The molecule has 2 amide bonds. The van der Waals surface area contributed by atoms with Crippen LogP contribution in [-0.4, -0.2) is 85.9 Å². The number of rotatable bonds is 8. The van der Waals surface area contributed by atoms with Crippen molar-refractivity contribution in [3.05, 3.63) is 131 Å². The number of hydrogen-bond donors (Lipinski definition) is 1. The summed E-state index contributed by atoms with van der Waals surface area (Å²) in [7, 11) is 1.83. The second-order valence-electron chi connectivity index (χ2n) is 14.6. The van der Waals surface area contributed by atoms with E-state index >= 15 is 4.39 Å². The maximum atomic E-state index is 15.3. The Kier molecular flexibility index (Phi) is 10.1. The zero-order valence-corrected chi connectivity index (χ0v) is 31.3. The highest BCUT2D eigenvalue weighted by Gasteiger charge is 2.36. The molecule has 8 rings (SSSR count). The Hall–Kier alpha value is -5.99. The molecule has 57 heavy (non-hydrogen) atoms. The molecule has 1 saturated heterocycles. The molecule has 3 aromatic carbocycles. The number of aromatic hydroxyl groups is 1. The quantitative estimate of drug-likeness (QED) is 0.160. The van der Waals surface area contributed by atoms with Gasteiger partial charge >= 0.3 is 6.18 Å². The molecule has 1 N–H and O–H groups in total. The van der Waals surface area contributed by atoms with Crippen LogP contribution in [0.2, 0.25) is 0 Å². The average molecular weight is 781 g/mol. The molecule has 0 aliphatic carbocycles. The molecule has 5 heterocycles. The molecule has 14 heteroatoms. The lowest BCUT2D eigenvalue weighted by molar-refractivity contribution is -0.140. The first-order valence-electron chi connectivity index (χ1n) is 18.6. The van der Waals surface area contributed by atoms with Crippen LogP contribution in [0.1, 0.15) is 37.5 Å². The summed E-state index contributed by atoms with van der Waals surface area (Å²) in [5.41, 5.74) is 3.02. The number of alkyl halides is 3. The highest BCUT2D eigenvalue weighted by atomic mass is 19.4. The van der Waals surface area contributed by atoms with Crippen molar-refractivity contribution in [3.63, 3.8) is 0 Å².